The third-order valence-electron chi connectivity index (χ3n) is 10.1. The van der Waals surface area contributed by atoms with Gasteiger partial charge in [-0.2, -0.15) is 0 Å². The van der Waals surface area contributed by atoms with E-state index in [1.54, 1.807) is 0 Å². The van der Waals surface area contributed by atoms with Gasteiger partial charge in [-0.1, -0.05) is 186 Å². The molecule has 1 unspecified atom stereocenters. The van der Waals surface area contributed by atoms with Gasteiger partial charge in [0.1, 0.15) is 6.61 Å². The molecule has 0 aromatic heterocycles. The molecule has 0 spiro atoms. The number of carbonyl (C=O) groups excluding carboxylic acids is 2. The van der Waals surface area contributed by atoms with Crippen LogP contribution in [0.2, 0.25) is 0 Å². The maximum atomic E-state index is 12.6. The van der Waals surface area contributed by atoms with Crippen LogP contribution in [0.15, 0.2) is 36.5 Å². The number of ether oxygens (including phenoxy) is 3. The van der Waals surface area contributed by atoms with Gasteiger partial charge in [-0.15, -0.1) is 0 Å². The Morgan fingerprint density at radius 3 is 1.28 bits per heavy atom. The van der Waals surface area contributed by atoms with Gasteiger partial charge < -0.3 is 14.2 Å². The fraction of sp³-hybridized carbons (Fsp3) is 0.837. The predicted octanol–water partition coefficient (Wildman–Crippen LogP) is 15.4. The lowest BCUT2D eigenvalue weighted by atomic mass is 10.1. The number of unbranched alkanes of at least 4 members (excludes halogenated alkanes) is 26. The smallest absolute Gasteiger partial charge is 0.306 e. The van der Waals surface area contributed by atoms with Gasteiger partial charge in [0.05, 0.1) is 6.61 Å². The lowest BCUT2D eigenvalue weighted by Gasteiger charge is -2.18. The molecule has 0 bridgehead atoms. The van der Waals surface area contributed by atoms with Crippen molar-refractivity contribution in [1.29, 1.82) is 0 Å². The first-order valence-corrected chi connectivity index (χ1v) is 23.5. The van der Waals surface area contributed by atoms with E-state index in [2.05, 4.69) is 57.2 Å². The van der Waals surface area contributed by atoms with E-state index in [9.17, 15) is 9.59 Å². The van der Waals surface area contributed by atoms with Crippen LogP contribution in [0.25, 0.3) is 0 Å². The van der Waals surface area contributed by atoms with Crippen molar-refractivity contribution in [2.75, 3.05) is 19.8 Å². The maximum absolute atomic E-state index is 12.6. The summed E-state index contributed by atoms with van der Waals surface area (Å²) in [4.78, 5) is 25.1. The van der Waals surface area contributed by atoms with Crippen LogP contribution in [0.4, 0.5) is 0 Å². The van der Waals surface area contributed by atoms with Crippen LogP contribution in [-0.4, -0.2) is 37.9 Å². The molecule has 0 rings (SSSR count). The predicted molar refractivity (Wildman–Crippen MR) is 233 cm³/mol. The Hall–Kier alpha value is -1.88. The molecule has 0 aliphatic rings. The van der Waals surface area contributed by atoms with E-state index in [1.165, 1.54) is 148 Å². The first kappa shape index (κ1) is 52.1. The number of allylic oxidation sites excluding steroid dienone is 6. The minimum Gasteiger partial charge on any atom is -0.462 e. The molecule has 0 N–H and O–H groups in total. The van der Waals surface area contributed by atoms with E-state index in [0.29, 0.717) is 19.4 Å². The summed E-state index contributed by atoms with van der Waals surface area (Å²) < 4.78 is 17.3. The summed E-state index contributed by atoms with van der Waals surface area (Å²) in [6.45, 7) is 7.75. The van der Waals surface area contributed by atoms with Crippen LogP contribution in [0.1, 0.15) is 239 Å². The van der Waals surface area contributed by atoms with E-state index < -0.39 is 6.10 Å². The maximum Gasteiger partial charge on any atom is 0.306 e. The Morgan fingerprint density at radius 1 is 0.407 bits per heavy atom. The molecule has 0 amide bonds. The molecule has 0 aliphatic heterocycles. The zero-order chi connectivity index (χ0) is 39.3. The highest BCUT2D eigenvalue weighted by atomic mass is 16.6. The first-order chi connectivity index (χ1) is 26.6. The summed E-state index contributed by atoms with van der Waals surface area (Å²) in [7, 11) is 0. The fourth-order valence-corrected chi connectivity index (χ4v) is 6.59. The van der Waals surface area contributed by atoms with Gasteiger partial charge in [-0.05, 0) is 77.0 Å². The van der Waals surface area contributed by atoms with E-state index >= 15 is 0 Å². The number of hydrogen-bond acceptors (Lipinski definition) is 5. The van der Waals surface area contributed by atoms with Crippen molar-refractivity contribution >= 4 is 11.9 Å². The van der Waals surface area contributed by atoms with Gasteiger partial charge >= 0.3 is 11.9 Å². The molecule has 5 heteroatoms. The summed E-state index contributed by atoms with van der Waals surface area (Å²) in [5, 5.41) is 0. The number of carbonyl (C=O) groups is 2. The Morgan fingerprint density at radius 2 is 0.778 bits per heavy atom. The van der Waals surface area contributed by atoms with Crippen molar-refractivity contribution in [2.45, 2.75) is 245 Å². The minimum atomic E-state index is -0.537. The highest BCUT2D eigenvalue weighted by Crippen LogP contribution is 2.13. The van der Waals surface area contributed by atoms with E-state index in [4.69, 9.17) is 14.2 Å². The molecular weight excluding hydrogens is 669 g/mol. The number of hydrogen-bond donors (Lipinski definition) is 0. The van der Waals surface area contributed by atoms with Gasteiger partial charge in [0.25, 0.3) is 0 Å². The second-order valence-corrected chi connectivity index (χ2v) is 15.7. The highest BCUT2D eigenvalue weighted by molar-refractivity contribution is 5.70. The number of rotatable bonds is 43. The Kier molecular flexibility index (Phi) is 43.9. The van der Waals surface area contributed by atoms with Crippen LogP contribution >= 0.6 is 0 Å². The summed E-state index contributed by atoms with van der Waals surface area (Å²) in [5.41, 5.74) is 0. The summed E-state index contributed by atoms with van der Waals surface area (Å²) in [5.74, 6) is -0.415. The highest BCUT2D eigenvalue weighted by Gasteiger charge is 2.17. The molecule has 0 fully saturated rings. The molecule has 0 aromatic carbocycles. The van der Waals surface area contributed by atoms with Crippen molar-refractivity contribution in [3.05, 3.63) is 36.5 Å². The minimum absolute atomic E-state index is 0.0786. The molecule has 316 valence electrons. The Balaban J connectivity index is 4.16. The van der Waals surface area contributed by atoms with Crippen LogP contribution in [0, 0.1) is 0 Å². The van der Waals surface area contributed by atoms with Crippen molar-refractivity contribution in [1.82, 2.24) is 0 Å². The molecule has 0 saturated heterocycles. The number of esters is 2. The second-order valence-electron chi connectivity index (χ2n) is 15.7. The zero-order valence-corrected chi connectivity index (χ0v) is 36.2. The van der Waals surface area contributed by atoms with Crippen LogP contribution in [0.5, 0.6) is 0 Å². The van der Waals surface area contributed by atoms with Crippen LogP contribution < -0.4 is 0 Å². The zero-order valence-electron chi connectivity index (χ0n) is 36.2. The average Bonchev–Trinajstić information content (AvgIpc) is 3.17. The second kappa shape index (κ2) is 45.5. The first-order valence-electron chi connectivity index (χ1n) is 23.5. The summed E-state index contributed by atoms with van der Waals surface area (Å²) in [6.07, 6.45) is 52.9. The molecule has 0 aliphatic carbocycles. The SMILES string of the molecule is CCCCC/C=C\C/C=C\CCCCCCCC(=O)OCC(COCCCCCCCC/C=C\CCCCCCCC)OC(=O)CCCCCCCCC. The van der Waals surface area contributed by atoms with Crippen LogP contribution in [0.3, 0.4) is 0 Å². The van der Waals surface area contributed by atoms with Gasteiger partial charge in [-0.25, -0.2) is 0 Å². The van der Waals surface area contributed by atoms with Crippen molar-refractivity contribution < 1.29 is 23.8 Å². The molecule has 0 aromatic rings. The molecule has 0 heterocycles. The molecule has 5 nitrogen and oxygen atoms in total. The fourth-order valence-electron chi connectivity index (χ4n) is 6.59. The Bertz CT molecular complexity index is 862. The molecule has 1 atom stereocenters. The van der Waals surface area contributed by atoms with Crippen molar-refractivity contribution in [2.24, 2.45) is 0 Å². The largest absolute Gasteiger partial charge is 0.462 e. The van der Waals surface area contributed by atoms with Crippen molar-refractivity contribution in [3.8, 4) is 0 Å². The van der Waals surface area contributed by atoms with Gasteiger partial charge in [-0.3, -0.25) is 9.59 Å². The van der Waals surface area contributed by atoms with Crippen LogP contribution in [-0.2, 0) is 23.8 Å². The van der Waals surface area contributed by atoms with E-state index in [1.807, 2.05) is 0 Å². The third kappa shape index (κ3) is 42.9. The lowest BCUT2D eigenvalue weighted by Crippen LogP contribution is -2.30. The molecule has 54 heavy (non-hydrogen) atoms. The van der Waals surface area contributed by atoms with E-state index in [-0.39, 0.29) is 25.2 Å². The van der Waals surface area contributed by atoms with Gasteiger partial charge in [0, 0.05) is 19.4 Å². The standard InChI is InChI=1S/C49H90O5/c1-4-7-10-13-16-18-20-22-24-26-28-30-32-35-38-41-44-52-45-47(54-49(51)43-40-37-33-15-12-9-6-3)46-53-48(50)42-39-36-34-31-29-27-25-23-21-19-17-14-11-8-5-2/h17,19,22-25,47H,4-16,18,20-21,26-46H2,1-3H3/b19-17-,24-22-,25-23-. The molecule has 0 radical (unpaired) electrons. The van der Waals surface area contributed by atoms with E-state index in [0.717, 1.165) is 57.8 Å². The quantitative estimate of drug-likeness (QED) is 0.0352. The monoisotopic (exact) mass is 759 g/mol. The molecule has 0 saturated carbocycles. The van der Waals surface area contributed by atoms with Gasteiger partial charge in [0.15, 0.2) is 6.10 Å². The van der Waals surface area contributed by atoms with Gasteiger partial charge in [0.2, 0.25) is 0 Å². The summed E-state index contributed by atoms with van der Waals surface area (Å²) in [6, 6.07) is 0. The lowest BCUT2D eigenvalue weighted by molar-refractivity contribution is -0.163. The third-order valence-corrected chi connectivity index (χ3v) is 10.1. The Labute approximate surface area is 336 Å². The van der Waals surface area contributed by atoms with Crippen molar-refractivity contribution in [3.63, 3.8) is 0 Å². The molecular formula is C49H90O5. The summed E-state index contributed by atoms with van der Waals surface area (Å²) >= 11 is 0. The topological polar surface area (TPSA) is 61.8 Å². The average molecular weight is 759 g/mol. The normalized spacial score (nSPS) is 12.4.